The number of aromatic nitrogens is 2. The highest BCUT2D eigenvalue weighted by atomic mass is 32.2. The third-order valence-electron chi connectivity index (χ3n) is 5.03. The maximum atomic E-state index is 12.1. The molecule has 1 aromatic heterocycles. The topological polar surface area (TPSA) is 106 Å². The van der Waals surface area contributed by atoms with Gasteiger partial charge in [-0.2, -0.15) is 0 Å². The van der Waals surface area contributed by atoms with E-state index in [1.807, 2.05) is 4.90 Å². The van der Waals surface area contributed by atoms with Crippen molar-refractivity contribution in [2.24, 2.45) is 14.1 Å². The lowest BCUT2D eigenvalue weighted by Crippen LogP contribution is -2.50. The average Bonchev–Trinajstić information content (AvgIpc) is 2.70. The lowest BCUT2D eigenvalue weighted by molar-refractivity contribution is 0.200. The third kappa shape index (κ3) is 5.42. The highest BCUT2D eigenvalue weighted by Gasteiger charge is 2.20. The summed E-state index contributed by atoms with van der Waals surface area (Å²) in [4.78, 5) is 28.4. The molecule has 3 rings (SSSR count). The molecule has 1 saturated heterocycles. The molecule has 0 saturated carbocycles. The largest absolute Gasteiger partial charge is 0.492 e. The first kappa shape index (κ1) is 21.9. The van der Waals surface area contributed by atoms with E-state index in [0.717, 1.165) is 30.5 Å². The second-order valence-corrected chi connectivity index (χ2v) is 9.07. The first-order valence-electron chi connectivity index (χ1n) is 9.59. The van der Waals surface area contributed by atoms with Gasteiger partial charge in [-0.25, -0.2) is 13.2 Å². The van der Waals surface area contributed by atoms with Gasteiger partial charge in [0.1, 0.15) is 18.2 Å². The molecule has 0 radical (unpaired) electrons. The molecule has 0 spiro atoms. The molecule has 0 amide bonds. The predicted octanol–water partition coefficient (Wildman–Crippen LogP) is -0.343. The number of ether oxygens (including phenoxy) is 1. The lowest BCUT2D eigenvalue weighted by Gasteiger charge is -2.36. The summed E-state index contributed by atoms with van der Waals surface area (Å²) in [7, 11) is -0.146. The number of hydrogen-bond acceptors (Lipinski definition) is 7. The molecular formula is C19H27N5O5S. The highest BCUT2D eigenvalue weighted by Crippen LogP contribution is 2.17. The minimum Gasteiger partial charge on any atom is -0.492 e. The van der Waals surface area contributed by atoms with Crippen LogP contribution >= 0.6 is 0 Å². The zero-order chi connectivity index (χ0) is 21.9. The van der Waals surface area contributed by atoms with Crippen LogP contribution in [0.25, 0.3) is 0 Å². The van der Waals surface area contributed by atoms with Crippen LogP contribution in [0.15, 0.2) is 39.9 Å². The van der Waals surface area contributed by atoms with Gasteiger partial charge in [0.15, 0.2) is 0 Å². The molecule has 2 heterocycles. The number of rotatable bonds is 7. The second-order valence-electron chi connectivity index (χ2n) is 7.32. The maximum Gasteiger partial charge on any atom is 0.332 e. The minimum atomic E-state index is -3.29. The summed E-state index contributed by atoms with van der Waals surface area (Å²) in [5.74, 6) is 1.31. The summed E-state index contributed by atoms with van der Waals surface area (Å²) < 4.78 is 33.2. The van der Waals surface area contributed by atoms with Crippen molar-refractivity contribution in [3.63, 3.8) is 0 Å². The van der Waals surface area contributed by atoms with Crippen LogP contribution in [0.1, 0.15) is 0 Å². The van der Waals surface area contributed by atoms with Crippen molar-refractivity contribution in [2.75, 3.05) is 55.2 Å². The first-order chi connectivity index (χ1) is 14.1. The Labute approximate surface area is 175 Å². The molecule has 0 unspecified atom stereocenters. The van der Waals surface area contributed by atoms with Crippen LogP contribution in [-0.4, -0.2) is 68.0 Å². The summed E-state index contributed by atoms with van der Waals surface area (Å²) in [5.41, 5.74) is -0.140. The van der Waals surface area contributed by atoms with Crippen molar-refractivity contribution in [1.82, 2.24) is 14.0 Å². The SMILES string of the molecule is Cn1c(N2CCN(CCOc3ccc(NS(C)(=O)=O)cc3)CC2)cc(=O)n(C)c1=O. The van der Waals surface area contributed by atoms with E-state index in [2.05, 4.69) is 9.62 Å². The smallest absolute Gasteiger partial charge is 0.332 e. The molecule has 1 fully saturated rings. The molecule has 1 aliphatic rings. The van der Waals surface area contributed by atoms with Gasteiger partial charge in [0.2, 0.25) is 10.0 Å². The standard InChI is InChI=1S/C19H27N5O5S/c1-21-17(14-18(25)22(2)19(21)26)24-10-8-23(9-11-24)12-13-29-16-6-4-15(5-7-16)20-30(3,27)28/h4-7,14,20H,8-13H2,1-3H3. The molecule has 164 valence electrons. The van der Waals surface area contributed by atoms with Crippen molar-refractivity contribution >= 4 is 21.5 Å². The molecular weight excluding hydrogens is 410 g/mol. The average molecular weight is 438 g/mol. The Balaban J connectivity index is 1.48. The van der Waals surface area contributed by atoms with Crippen LogP contribution < -0.4 is 25.6 Å². The Kier molecular flexibility index (Phi) is 6.52. The van der Waals surface area contributed by atoms with Crippen LogP contribution in [0.3, 0.4) is 0 Å². The van der Waals surface area contributed by atoms with Crippen LogP contribution in [0, 0.1) is 0 Å². The van der Waals surface area contributed by atoms with Gasteiger partial charge in [0.25, 0.3) is 5.56 Å². The molecule has 1 N–H and O–H groups in total. The highest BCUT2D eigenvalue weighted by molar-refractivity contribution is 7.92. The Morgan fingerprint density at radius 1 is 1.00 bits per heavy atom. The Morgan fingerprint density at radius 2 is 1.63 bits per heavy atom. The summed E-state index contributed by atoms with van der Waals surface area (Å²) in [6, 6.07) is 8.26. The van der Waals surface area contributed by atoms with Gasteiger partial charge in [0, 0.05) is 58.6 Å². The maximum absolute atomic E-state index is 12.1. The van der Waals surface area contributed by atoms with Crippen molar-refractivity contribution in [2.45, 2.75) is 0 Å². The Hall–Kier alpha value is -2.79. The molecule has 0 atom stereocenters. The van der Waals surface area contributed by atoms with E-state index in [1.54, 1.807) is 31.3 Å². The minimum absolute atomic E-state index is 0.304. The van der Waals surface area contributed by atoms with Gasteiger partial charge >= 0.3 is 5.69 Å². The third-order valence-corrected chi connectivity index (χ3v) is 5.64. The molecule has 0 aliphatic carbocycles. The Bertz CT molecular complexity index is 1100. The molecule has 1 aliphatic heterocycles. The molecule has 0 bridgehead atoms. The van der Waals surface area contributed by atoms with Gasteiger partial charge in [-0.15, -0.1) is 0 Å². The summed E-state index contributed by atoms with van der Waals surface area (Å²) in [6.45, 7) is 4.27. The molecule has 2 aromatic rings. The number of hydrogen-bond donors (Lipinski definition) is 1. The fourth-order valence-corrected chi connectivity index (χ4v) is 3.92. The van der Waals surface area contributed by atoms with Gasteiger partial charge in [-0.3, -0.25) is 23.6 Å². The number of sulfonamides is 1. The monoisotopic (exact) mass is 437 g/mol. The fraction of sp³-hybridized carbons (Fsp3) is 0.474. The second kappa shape index (κ2) is 8.92. The molecule has 11 heteroatoms. The fourth-order valence-electron chi connectivity index (χ4n) is 3.35. The Morgan fingerprint density at radius 3 is 2.23 bits per heavy atom. The zero-order valence-corrected chi connectivity index (χ0v) is 18.2. The van der Waals surface area contributed by atoms with Crippen LogP contribution in [0.4, 0.5) is 11.5 Å². The van der Waals surface area contributed by atoms with Crippen LogP contribution in [-0.2, 0) is 24.1 Å². The number of piperazine rings is 1. The number of anilines is 2. The van der Waals surface area contributed by atoms with Crippen molar-refractivity contribution in [1.29, 1.82) is 0 Å². The number of nitrogens with one attached hydrogen (secondary N) is 1. The summed E-state index contributed by atoms with van der Waals surface area (Å²) in [5, 5.41) is 0. The van der Waals surface area contributed by atoms with E-state index in [4.69, 9.17) is 4.74 Å². The van der Waals surface area contributed by atoms with E-state index in [-0.39, 0.29) is 11.2 Å². The van der Waals surface area contributed by atoms with Gasteiger partial charge in [-0.05, 0) is 24.3 Å². The molecule has 10 nitrogen and oxygen atoms in total. The van der Waals surface area contributed by atoms with E-state index < -0.39 is 10.0 Å². The van der Waals surface area contributed by atoms with E-state index in [9.17, 15) is 18.0 Å². The quantitative estimate of drug-likeness (QED) is 0.632. The zero-order valence-electron chi connectivity index (χ0n) is 17.4. The van der Waals surface area contributed by atoms with Gasteiger partial charge in [0.05, 0.1) is 6.26 Å². The normalized spacial score (nSPS) is 15.2. The van der Waals surface area contributed by atoms with Crippen molar-refractivity contribution < 1.29 is 13.2 Å². The van der Waals surface area contributed by atoms with Crippen LogP contribution in [0.2, 0.25) is 0 Å². The molecule has 1 aromatic carbocycles. The predicted molar refractivity (Wildman–Crippen MR) is 116 cm³/mol. The first-order valence-corrected chi connectivity index (χ1v) is 11.5. The van der Waals surface area contributed by atoms with E-state index >= 15 is 0 Å². The summed E-state index contributed by atoms with van der Waals surface area (Å²) in [6.07, 6.45) is 1.11. The number of nitrogens with zero attached hydrogens (tertiary/aromatic N) is 4. The van der Waals surface area contributed by atoms with Gasteiger partial charge < -0.3 is 9.64 Å². The van der Waals surface area contributed by atoms with Crippen molar-refractivity contribution in [3.8, 4) is 5.75 Å². The van der Waals surface area contributed by atoms with Crippen molar-refractivity contribution in [3.05, 3.63) is 51.2 Å². The number of benzene rings is 1. The molecule has 30 heavy (non-hydrogen) atoms. The van der Waals surface area contributed by atoms with Gasteiger partial charge in [-0.1, -0.05) is 0 Å². The summed E-state index contributed by atoms with van der Waals surface area (Å²) >= 11 is 0. The van der Waals surface area contributed by atoms with Crippen LogP contribution in [0.5, 0.6) is 5.75 Å². The lowest BCUT2D eigenvalue weighted by atomic mass is 10.3. The van der Waals surface area contributed by atoms with E-state index in [1.165, 1.54) is 17.7 Å². The van der Waals surface area contributed by atoms with E-state index in [0.29, 0.717) is 37.0 Å².